The Hall–Kier alpha value is -3.55. The largest absolute Gasteiger partial charge is 0.363 e. The maximum absolute atomic E-state index is 13.2. The van der Waals surface area contributed by atoms with Crippen molar-refractivity contribution in [3.63, 3.8) is 0 Å². The first-order chi connectivity index (χ1) is 14.2. The molecular formula is C22H25FN6O. The van der Waals surface area contributed by atoms with E-state index in [4.69, 9.17) is 0 Å². The first-order valence-corrected chi connectivity index (χ1v) is 9.59. The van der Waals surface area contributed by atoms with Crippen LogP contribution in [0.2, 0.25) is 0 Å². The molecule has 3 rings (SSSR count). The minimum atomic E-state index is -0.381. The maximum Gasteiger partial charge on any atom is 0.251 e. The Morgan fingerprint density at radius 2 is 1.73 bits per heavy atom. The van der Waals surface area contributed by atoms with Gasteiger partial charge in [0.25, 0.3) is 5.91 Å². The molecular weight excluding hydrogens is 383 g/mol. The van der Waals surface area contributed by atoms with E-state index in [0.717, 1.165) is 5.56 Å². The molecule has 3 N–H and O–H groups in total. The van der Waals surface area contributed by atoms with Crippen molar-refractivity contribution in [1.29, 1.82) is 0 Å². The predicted molar refractivity (Wildman–Crippen MR) is 115 cm³/mol. The van der Waals surface area contributed by atoms with Crippen molar-refractivity contribution in [2.45, 2.75) is 39.3 Å². The van der Waals surface area contributed by atoms with Crippen LogP contribution < -0.4 is 16.0 Å². The van der Waals surface area contributed by atoms with E-state index < -0.39 is 0 Å². The molecule has 0 spiro atoms. The third-order valence-corrected chi connectivity index (χ3v) is 4.13. The van der Waals surface area contributed by atoms with E-state index in [9.17, 15) is 9.18 Å². The van der Waals surface area contributed by atoms with Crippen LogP contribution in [0, 0.1) is 5.82 Å². The SMILES string of the molecule is C[C@H](Nc1cc(C(=O)NC(C)(C)C)cc(Nc2cnccn2)n1)c1ccc(F)cc1. The molecule has 1 atom stereocenters. The summed E-state index contributed by atoms with van der Waals surface area (Å²) < 4.78 is 13.2. The summed E-state index contributed by atoms with van der Waals surface area (Å²) in [6, 6.07) is 9.43. The molecule has 7 nitrogen and oxygen atoms in total. The van der Waals surface area contributed by atoms with E-state index in [1.165, 1.54) is 12.1 Å². The predicted octanol–water partition coefficient (Wildman–Crippen LogP) is 4.46. The van der Waals surface area contributed by atoms with Gasteiger partial charge in [-0.15, -0.1) is 0 Å². The van der Waals surface area contributed by atoms with Crippen LogP contribution >= 0.6 is 0 Å². The highest BCUT2D eigenvalue weighted by Gasteiger charge is 2.18. The number of hydrogen-bond donors (Lipinski definition) is 3. The van der Waals surface area contributed by atoms with Gasteiger partial charge in [0.1, 0.15) is 23.3 Å². The zero-order valence-corrected chi connectivity index (χ0v) is 17.4. The molecule has 0 radical (unpaired) electrons. The van der Waals surface area contributed by atoms with E-state index in [1.807, 2.05) is 27.7 Å². The fourth-order valence-electron chi connectivity index (χ4n) is 2.76. The summed E-state index contributed by atoms with van der Waals surface area (Å²) in [6.45, 7) is 7.69. The van der Waals surface area contributed by atoms with Crippen molar-refractivity contribution in [2.24, 2.45) is 0 Å². The summed E-state index contributed by atoms with van der Waals surface area (Å²) in [5, 5.41) is 9.29. The molecule has 0 aliphatic heterocycles. The number of aromatic nitrogens is 3. The van der Waals surface area contributed by atoms with Crippen LogP contribution in [0.4, 0.5) is 21.8 Å². The summed E-state index contributed by atoms with van der Waals surface area (Å²) in [5.74, 6) is 0.950. The van der Waals surface area contributed by atoms with Gasteiger partial charge in [0.2, 0.25) is 0 Å². The molecule has 30 heavy (non-hydrogen) atoms. The number of carbonyl (C=O) groups excluding carboxylic acids is 1. The minimum Gasteiger partial charge on any atom is -0.363 e. The van der Waals surface area contributed by atoms with E-state index >= 15 is 0 Å². The molecule has 0 aliphatic rings. The number of nitrogens with zero attached hydrogens (tertiary/aromatic N) is 3. The standard InChI is InChI=1S/C22H25FN6O/c1-14(15-5-7-17(23)8-6-15)26-18-11-16(21(30)29-22(2,3)4)12-19(27-18)28-20-13-24-9-10-25-20/h5-14H,1-4H3,(H,29,30)(H2,25,26,27,28)/t14-/m0/s1. The Balaban J connectivity index is 1.90. The van der Waals surface area contributed by atoms with Crippen molar-refractivity contribution in [3.8, 4) is 0 Å². The lowest BCUT2D eigenvalue weighted by atomic mass is 10.1. The summed E-state index contributed by atoms with van der Waals surface area (Å²) in [5.41, 5.74) is 0.958. The van der Waals surface area contributed by atoms with Gasteiger partial charge in [-0.3, -0.25) is 9.78 Å². The monoisotopic (exact) mass is 408 g/mol. The average molecular weight is 408 g/mol. The highest BCUT2D eigenvalue weighted by atomic mass is 19.1. The van der Waals surface area contributed by atoms with Gasteiger partial charge in [-0.1, -0.05) is 12.1 Å². The lowest BCUT2D eigenvalue weighted by molar-refractivity contribution is 0.0919. The third-order valence-electron chi connectivity index (χ3n) is 4.13. The summed E-state index contributed by atoms with van der Waals surface area (Å²) >= 11 is 0. The summed E-state index contributed by atoms with van der Waals surface area (Å²) in [4.78, 5) is 25.5. The summed E-state index contributed by atoms with van der Waals surface area (Å²) in [7, 11) is 0. The van der Waals surface area contributed by atoms with Gasteiger partial charge in [-0.2, -0.15) is 0 Å². The topological polar surface area (TPSA) is 91.8 Å². The van der Waals surface area contributed by atoms with E-state index in [-0.39, 0.29) is 23.3 Å². The Morgan fingerprint density at radius 1 is 1.03 bits per heavy atom. The first kappa shape index (κ1) is 21.2. The number of hydrogen-bond acceptors (Lipinski definition) is 6. The number of benzene rings is 1. The van der Waals surface area contributed by atoms with Crippen molar-refractivity contribution >= 4 is 23.4 Å². The maximum atomic E-state index is 13.2. The van der Waals surface area contributed by atoms with Crippen LogP contribution in [0.1, 0.15) is 49.7 Å². The van der Waals surface area contributed by atoms with Crippen molar-refractivity contribution in [3.05, 3.63) is 71.9 Å². The average Bonchev–Trinajstić information content (AvgIpc) is 2.68. The fourth-order valence-corrected chi connectivity index (χ4v) is 2.76. The Labute approximate surface area is 175 Å². The Morgan fingerprint density at radius 3 is 2.37 bits per heavy atom. The van der Waals surface area contributed by atoms with Gasteiger partial charge in [-0.25, -0.2) is 14.4 Å². The van der Waals surface area contributed by atoms with Crippen LogP contribution in [0.5, 0.6) is 0 Å². The molecule has 0 saturated heterocycles. The molecule has 2 aromatic heterocycles. The number of pyridine rings is 1. The van der Waals surface area contributed by atoms with E-state index in [1.54, 1.807) is 42.9 Å². The quantitative estimate of drug-likeness (QED) is 0.558. The second-order valence-corrected chi connectivity index (χ2v) is 7.96. The van der Waals surface area contributed by atoms with Crippen molar-refractivity contribution in [1.82, 2.24) is 20.3 Å². The molecule has 8 heteroatoms. The van der Waals surface area contributed by atoms with Gasteiger partial charge in [0.15, 0.2) is 0 Å². The Kier molecular flexibility index (Phi) is 6.25. The molecule has 1 amide bonds. The second-order valence-electron chi connectivity index (χ2n) is 7.96. The number of carbonyl (C=O) groups is 1. The van der Waals surface area contributed by atoms with Crippen LogP contribution in [-0.4, -0.2) is 26.4 Å². The van der Waals surface area contributed by atoms with Gasteiger partial charge in [0.05, 0.1) is 6.20 Å². The van der Waals surface area contributed by atoms with Crippen LogP contribution in [0.25, 0.3) is 0 Å². The first-order valence-electron chi connectivity index (χ1n) is 9.59. The number of anilines is 3. The second kappa shape index (κ2) is 8.86. The van der Waals surface area contributed by atoms with Crippen molar-refractivity contribution in [2.75, 3.05) is 10.6 Å². The molecule has 0 unspecified atom stereocenters. The molecule has 2 heterocycles. The van der Waals surface area contributed by atoms with Crippen LogP contribution in [0.3, 0.4) is 0 Å². The molecule has 156 valence electrons. The highest BCUT2D eigenvalue weighted by Crippen LogP contribution is 2.23. The number of rotatable bonds is 6. The molecule has 1 aromatic carbocycles. The minimum absolute atomic E-state index is 0.150. The normalized spacial score (nSPS) is 12.2. The van der Waals surface area contributed by atoms with Crippen molar-refractivity contribution < 1.29 is 9.18 Å². The van der Waals surface area contributed by atoms with Crippen LogP contribution in [0.15, 0.2) is 55.0 Å². The molecule has 3 aromatic rings. The lowest BCUT2D eigenvalue weighted by Crippen LogP contribution is -2.40. The van der Waals surface area contributed by atoms with Gasteiger partial charge < -0.3 is 16.0 Å². The Bertz CT molecular complexity index is 1000. The van der Waals surface area contributed by atoms with Crippen LogP contribution in [-0.2, 0) is 0 Å². The van der Waals surface area contributed by atoms with E-state index in [2.05, 4.69) is 30.9 Å². The zero-order valence-electron chi connectivity index (χ0n) is 17.4. The van der Waals surface area contributed by atoms with Gasteiger partial charge in [-0.05, 0) is 57.5 Å². The summed E-state index contributed by atoms with van der Waals surface area (Å²) in [6.07, 6.45) is 4.70. The molecule has 0 saturated carbocycles. The molecule has 0 aliphatic carbocycles. The van der Waals surface area contributed by atoms with Gasteiger partial charge in [0, 0.05) is 29.5 Å². The number of nitrogens with one attached hydrogen (secondary N) is 3. The number of halogens is 1. The number of amides is 1. The van der Waals surface area contributed by atoms with Gasteiger partial charge >= 0.3 is 0 Å². The molecule has 0 fully saturated rings. The lowest BCUT2D eigenvalue weighted by Gasteiger charge is -2.21. The smallest absolute Gasteiger partial charge is 0.251 e. The fraction of sp³-hybridized carbons (Fsp3) is 0.273. The molecule has 0 bridgehead atoms. The zero-order chi connectivity index (χ0) is 21.7. The highest BCUT2D eigenvalue weighted by molar-refractivity contribution is 5.96. The third kappa shape index (κ3) is 5.97. The van der Waals surface area contributed by atoms with E-state index in [0.29, 0.717) is 23.0 Å².